The van der Waals surface area contributed by atoms with E-state index in [-0.39, 0.29) is 24.3 Å². The van der Waals surface area contributed by atoms with Gasteiger partial charge in [-0.3, -0.25) is 14.5 Å². The third-order valence-electron chi connectivity index (χ3n) is 6.56. The Morgan fingerprint density at radius 3 is 2.47 bits per heavy atom. The topological polar surface area (TPSA) is 82.1 Å². The molecule has 0 radical (unpaired) electrons. The minimum Gasteiger partial charge on any atom is -0.389 e. The number of aliphatic hydroxyl groups excluding tert-OH is 1. The summed E-state index contributed by atoms with van der Waals surface area (Å²) in [7, 11) is 0. The molecule has 2 amide bonds. The van der Waals surface area contributed by atoms with Gasteiger partial charge in [-0.25, -0.2) is 0 Å². The highest BCUT2D eigenvalue weighted by molar-refractivity contribution is 5.81. The van der Waals surface area contributed by atoms with Crippen LogP contribution in [0.1, 0.15) is 24.8 Å². The largest absolute Gasteiger partial charge is 0.389 e. The lowest BCUT2D eigenvalue weighted by atomic mass is 9.78. The second kappa shape index (κ2) is 9.29. The summed E-state index contributed by atoms with van der Waals surface area (Å²) in [5, 5.41) is 14.5. The molecule has 162 valence electrons. The lowest BCUT2D eigenvalue weighted by Crippen LogP contribution is -2.63. The van der Waals surface area contributed by atoms with E-state index in [1.165, 1.54) is 0 Å². The average molecular weight is 414 g/mol. The van der Waals surface area contributed by atoms with Crippen molar-refractivity contribution >= 4 is 11.8 Å². The molecular weight excluding hydrogens is 382 g/mol. The summed E-state index contributed by atoms with van der Waals surface area (Å²) in [6.07, 6.45) is 5.32. The number of piperidine rings is 1. The lowest BCUT2D eigenvalue weighted by Gasteiger charge is -2.47. The average Bonchev–Trinajstić information content (AvgIpc) is 3.32. The molecule has 2 N–H and O–H groups in total. The molecular formula is C23H31N3O4. The zero-order valence-corrected chi connectivity index (χ0v) is 17.3. The molecule has 2 saturated heterocycles. The number of ether oxygens (including phenoxy) is 1. The third-order valence-corrected chi connectivity index (χ3v) is 6.56. The lowest BCUT2D eigenvalue weighted by molar-refractivity contribution is -0.139. The Kier molecular flexibility index (Phi) is 6.51. The van der Waals surface area contributed by atoms with Crippen molar-refractivity contribution in [2.75, 3.05) is 45.9 Å². The van der Waals surface area contributed by atoms with Crippen molar-refractivity contribution in [3.63, 3.8) is 0 Å². The Morgan fingerprint density at radius 1 is 1.10 bits per heavy atom. The molecule has 30 heavy (non-hydrogen) atoms. The molecule has 1 aromatic carbocycles. The van der Waals surface area contributed by atoms with E-state index in [0.717, 1.165) is 18.4 Å². The molecule has 0 bridgehead atoms. The highest BCUT2D eigenvalue weighted by Gasteiger charge is 2.46. The van der Waals surface area contributed by atoms with Gasteiger partial charge in [0, 0.05) is 32.1 Å². The van der Waals surface area contributed by atoms with Gasteiger partial charge in [-0.1, -0.05) is 42.5 Å². The minimum absolute atomic E-state index is 0.0132. The maximum Gasteiger partial charge on any atom is 0.236 e. The van der Waals surface area contributed by atoms with Crippen molar-refractivity contribution in [3.05, 3.63) is 48.0 Å². The van der Waals surface area contributed by atoms with E-state index < -0.39 is 11.6 Å². The summed E-state index contributed by atoms with van der Waals surface area (Å²) in [4.78, 5) is 29.4. The van der Waals surface area contributed by atoms with E-state index >= 15 is 0 Å². The van der Waals surface area contributed by atoms with Gasteiger partial charge < -0.3 is 20.1 Å². The van der Waals surface area contributed by atoms with Crippen molar-refractivity contribution in [1.29, 1.82) is 0 Å². The number of nitrogens with zero attached hydrogens (tertiary/aromatic N) is 2. The highest BCUT2D eigenvalue weighted by Crippen LogP contribution is 2.34. The Morgan fingerprint density at radius 2 is 1.80 bits per heavy atom. The van der Waals surface area contributed by atoms with Crippen LogP contribution in [-0.4, -0.2) is 78.8 Å². The van der Waals surface area contributed by atoms with E-state index in [9.17, 15) is 14.7 Å². The van der Waals surface area contributed by atoms with E-state index in [4.69, 9.17) is 4.74 Å². The number of rotatable bonds is 5. The van der Waals surface area contributed by atoms with E-state index in [2.05, 4.69) is 5.32 Å². The number of likely N-dealkylation sites (tertiary alicyclic amines) is 1. The number of allylic oxidation sites excluding steroid dienone is 2. The standard InChI is InChI=1S/C23H31N3O4/c27-20-16-25(17-21(28)26-12-14-30-15-13-26)11-10-23(20,19-8-2-1-3-9-19)24-22(29)18-6-4-5-7-18/h1-5,8-9,18,20,27H,6-7,10-17H2,(H,24,29)/t20-,23+/m1/s1. The molecule has 0 spiro atoms. The molecule has 7 heteroatoms. The van der Waals surface area contributed by atoms with Crippen LogP contribution in [0.5, 0.6) is 0 Å². The number of β-amino-alcohol motifs (C(OH)–C–C–N with tert-alkyl or cyclic N) is 1. The van der Waals surface area contributed by atoms with Gasteiger partial charge in [0.25, 0.3) is 0 Å². The molecule has 7 nitrogen and oxygen atoms in total. The molecule has 2 aliphatic heterocycles. The number of benzene rings is 1. The first kappa shape index (κ1) is 21.0. The second-order valence-electron chi connectivity index (χ2n) is 8.46. The van der Waals surface area contributed by atoms with Gasteiger partial charge >= 0.3 is 0 Å². The van der Waals surface area contributed by atoms with Crippen LogP contribution in [0.3, 0.4) is 0 Å². The number of amides is 2. The number of hydrogen-bond acceptors (Lipinski definition) is 5. The summed E-state index contributed by atoms with van der Waals surface area (Å²) in [6.45, 7) is 3.65. The molecule has 2 heterocycles. The van der Waals surface area contributed by atoms with Crippen LogP contribution in [0, 0.1) is 5.92 Å². The van der Waals surface area contributed by atoms with Crippen molar-refractivity contribution in [1.82, 2.24) is 15.1 Å². The molecule has 2 atom stereocenters. The zero-order chi connectivity index (χ0) is 21.0. The van der Waals surface area contributed by atoms with E-state index in [1.807, 2.05) is 52.3 Å². The van der Waals surface area contributed by atoms with Gasteiger partial charge in [-0.2, -0.15) is 0 Å². The molecule has 3 aliphatic rings. The highest BCUT2D eigenvalue weighted by atomic mass is 16.5. The van der Waals surface area contributed by atoms with Gasteiger partial charge in [0.2, 0.25) is 11.8 Å². The quantitative estimate of drug-likeness (QED) is 0.701. The Balaban J connectivity index is 1.46. The van der Waals surface area contributed by atoms with Crippen molar-refractivity contribution < 1.29 is 19.4 Å². The zero-order valence-electron chi connectivity index (χ0n) is 17.3. The first-order chi connectivity index (χ1) is 14.6. The van der Waals surface area contributed by atoms with Crippen LogP contribution in [0.15, 0.2) is 42.5 Å². The second-order valence-corrected chi connectivity index (χ2v) is 8.46. The monoisotopic (exact) mass is 413 g/mol. The molecule has 1 aliphatic carbocycles. The van der Waals surface area contributed by atoms with Crippen molar-refractivity contribution in [2.24, 2.45) is 5.92 Å². The Bertz CT molecular complexity index is 770. The molecule has 1 aromatic rings. The number of aliphatic hydroxyl groups is 1. The first-order valence-corrected chi connectivity index (χ1v) is 10.9. The fraction of sp³-hybridized carbons (Fsp3) is 0.565. The predicted molar refractivity (Wildman–Crippen MR) is 113 cm³/mol. The SMILES string of the molecule is O=C(N[C@]1(c2ccccc2)CCN(CC(=O)N2CCOCC2)C[C@H]1O)C1CC=CC1. The van der Waals surface area contributed by atoms with Crippen LogP contribution < -0.4 is 5.32 Å². The summed E-state index contributed by atoms with van der Waals surface area (Å²) in [5.41, 5.74) is 0.0790. The number of hydrogen-bond donors (Lipinski definition) is 2. The molecule has 4 rings (SSSR count). The van der Waals surface area contributed by atoms with Crippen LogP contribution in [-0.2, 0) is 19.9 Å². The summed E-state index contributed by atoms with van der Waals surface area (Å²) in [5.74, 6) is -0.0155. The Hall–Kier alpha value is -2.22. The smallest absolute Gasteiger partial charge is 0.236 e. The fourth-order valence-electron chi connectivity index (χ4n) is 4.68. The minimum atomic E-state index is -0.834. The summed E-state index contributed by atoms with van der Waals surface area (Å²) in [6, 6.07) is 9.72. The maximum absolute atomic E-state index is 13.0. The van der Waals surface area contributed by atoms with Crippen molar-refractivity contribution in [3.8, 4) is 0 Å². The molecule has 2 fully saturated rings. The third kappa shape index (κ3) is 4.43. The van der Waals surface area contributed by atoms with E-state index in [1.54, 1.807) is 0 Å². The molecule has 0 aromatic heterocycles. The van der Waals surface area contributed by atoms with Gasteiger partial charge in [-0.05, 0) is 24.8 Å². The molecule has 0 saturated carbocycles. The number of carbonyl (C=O) groups is 2. The van der Waals surface area contributed by atoms with Crippen LogP contribution in [0.25, 0.3) is 0 Å². The summed E-state index contributed by atoms with van der Waals surface area (Å²) >= 11 is 0. The number of morpholine rings is 1. The van der Waals surface area contributed by atoms with Crippen LogP contribution in [0.4, 0.5) is 0 Å². The Labute approximate surface area is 177 Å². The predicted octanol–water partition coefficient (Wildman–Crippen LogP) is 0.890. The number of nitrogens with one attached hydrogen (secondary N) is 1. The van der Waals surface area contributed by atoms with Crippen LogP contribution in [0.2, 0.25) is 0 Å². The first-order valence-electron chi connectivity index (χ1n) is 10.9. The fourth-order valence-corrected chi connectivity index (χ4v) is 4.68. The normalized spacial score (nSPS) is 27.9. The van der Waals surface area contributed by atoms with Gasteiger partial charge in [0.1, 0.15) is 0 Å². The van der Waals surface area contributed by atoms with Crippen LogP contribution >= 0.6 is 0 Å². The summed E-state index contributed by atoms with van der Waals surface area (Å²) < 4.78 is 5.32. The van der Waals surface area contributed by atoms with Gasteiger partial charge in [0.15, 0.2) is 0 Å². The van der Waals surface area contributed by atoms with Crippen molar-refractivity contribution in [2.45, 2.75) is 30.9 Å². The van der Waals surface area contributed by atoms with Gasteiger partial charge in [0.05, 0.1) is 31.4 Å². The van der Waals surface area contributed by atoms with E-state index in [0.29, 0.717) is 45.8 Å². The van der Waals surface area contributed by atoms with Gasteiger partial charge in [-0.15, -0.1) is 0 Å². The maximum atomic E-state index is 13.0. The molecule has 0 unspecified atom stereocenters. The number of carbonyl (C=O) groups excluding carboxylic acids is 2.